The molecule has 0 spiro atoms. The van der Waals surface area contributed by atoms with Gasteiger partial charge in [-0.15, -0.1) is 0 Å². The van der Waals surface area contributed by atoms with Crippen LogP contribution in [-0.4, -0.2) is 11.7 Å². The van der Waals surface area contributed by atoms with Crippen LogP contribution in [0.3, 0.4) is 0 Å². The lowest BCUT2D eigenvalue weighted by Crippen LogP contribution is -1.88. The highest BCUT2D eigenvalue weighted by Gasteiger charge is 1.94. The minimum absolute atomic E-state index is 0.227. The number of azo groups is 1. The van der Waals surface area contributed by atoms with Crippen molar-refractivity contribution in [1.82, 2.24) is 0 Å². The number of rotatable bonds is 6. The Bertz CT molecular complexity index is 598. The zero-order valence-electron chi connectivity index (χ0n) is 12.2. The summed E-state index contributed by atoms with van der Waals surface area (Å²) < 4.78 is 0. The van der Waals surface area contributed by atoms with Gasteiger partial charge >= 0.3 is 0 Å². The number of aliphatic hydroxyl groups is 1. The van der Waals surface area contributed by atoms with Crippen LogP contribution in [0.25, 0.3) is 6.08 Å². The minimum atomic E-state index is 0.227. The molecule has 1 N–H and O–H groups in total. The monoisotopic (exact) mass is 280 g/mol. The first kappa shape index (κ1) is 15.1. The predicted molar refractivity (Wildman–Crippen MR) is 87.2 cm³/mol. The van der Waals surface area contributed by atoms with E-state index in [9.17, 15) is 0 Å². The van der Waals surface area contributed by atoms with Gasteiger partial charge in [-0.3, -0.25) is 0 Å². The highest BCUT2D eigenvalue weighted by atomic mass is 16.2. The van der Waals surface area contributed by atoms with Gasteiger partial charge in [-0.25, -0.2) is 0 Å². The van der Waals surface area contributed by atoms with Gasteiger partial charge in [0.1, 0.15) is 0 Å². The Kier molecular flexibility index (Phi) is 5.85. The molecule has 3 heteroatoms. The molecule has 0 bridgehead atoms. The van der Waals surface area contributed by atoms with Gasteiger partial charge in [0.05, 0.1) is 11.4 Å². The van der Waals surface area contributed by atoms with Crippen molar-refractivity contribution in [3.8, 4) is 0 Å². The highest BCUT2D eigenvalue weighted by molar-refractivity contribution is 5.52. The van der Waals surface area contributed by atoms with Crippen LogP contribution in [-0.2, 0) is 6.42 Å². The smallest absolute Gasteiger partial charge is 0.0857 e. The first-order valence-corrected chi connectivity index (χ1v) is 7.16. The SMILES string of the molecule is CC=Cc1ccc(N=Nc2ccc(CCCO)cc2)cc1. The average Bonchev–Trinajstić information content (AvgIpc) is 2.53. The third-order valence-electron chi connectivity index (χ3n) is 3.09. The number of aliphatic hydroxyl groups excluding tert-OH is 1. The minimum Gasteiger partial charge on any atom is -0.396 e. The molecule has 0 atom stereocenters. The summed E-state index contributed by atoms with van der Waals surface area (Å²) in [6, 6.07) is 15.9. The molecule has 0 aliphatic heterocycles. The van der Waals surface area contributed by atoms with E-state index in [1.54, 1.807) is 0 Å². The van der Waals surface area contributed by atoms with Crippen LogP contribution in [0.1, 0.15) is 24.5 Å². The van der Waals surface area contributed by atoms with E-state index in [4.69, 9.17) is 5.11 Å². The molecule has 0 unspecified atom stereocenters. The van der Waals surface area contributed by atoms with Crippen LogP contribution in [0, 0.1) is 0 Å². The average molecular weight is 280 g/mol. The molecule has 0 aliphatic carbocycles. The number of nitrogens with zero attached hydrogens (tertiary/aromatic N) is 2. The van der Waals surface area contributed by atoms with Crippen molar-refractivity contribution >= 4 is 17.5 Å². The van der Waals surface area contributed by atoms with Crippen molar-refractivity contribution in [2.45, 2.75) is 19.8 Å². The Morgan fingerprint density at radius 1 is 0.905 bits per heavy atom. The van der Waals surface area contributed by atoms with Gasteiger partial charge in [0.25, 0.3) is 0 Å². The van der Waals surface area contributed by atoms with Crippen LogP contribution in [0.5, 0.6) is 0 Å². The second-order valence-corrected chi connectivity index (χ2v) is 4.79. The molecule has 2 rings (SSSR count). The van der Waals surface area contributed by atoms with Crippen LogP contribution >= 0.6 is 0 Å². The fraction of sp³-hybridized carbons (Fsp3) is 0.222. The second-order valence-electron chi connectivity index (χ2n) is 4.79. The predicted octanol–water partition coefficient (Wildman–Crippen LogP) is 5.06. The van der Waals surface area contributed by atoms with E-state index in [0.717, 1.165) is 29.8 Å². The first-order valence-electron chi connectivity index (χ1n) is 7.16. The lowest BCUT2D eigenvalue weighted by atomic mass is 10.1. The summed E-state index contributed by atoms with van der Waals surface area (Å²) in [7, 11) is 0. The molecule has 0 aromatic heterocycles. The Balaban J connectivity index is 1.99. The fourth-order valence-corrected chi connectivity index (χ4v) is 1.97. The van der Waals surface area contributed by atoms with Crippen molar-refractivity contribution in [3.63, 3.8) is 0 Å². The van der Waals surface area contributed by atoms with E-state index in [0.29, 0.717) is 0 Å². The maximum atomic E-state index is 8.81. The lowest BCUT2D eigenvalue weighted by Gasteiger charge is -1.99. The molecule has 3 nitrogen and oxygen atoms in total. The van der Waals surface area contributed by atoms with Crippen LogP contribution < -0.4 is 0 Å². The first-order chi connectivity index (χ1) is 10.3. The highest BCUT2D eigenvalue weighted by Crippen LogP contribution is 2.20. The van der Waals surface area contributed by atoms with E-state index >= 15 is 0 Å². The fourth-order valence-electron chi connectivity index (χ4n) is 1.97. The van der Waals surface area contributed by atoms with Crippen molar-refractivity contribution in [1.29, 1.82) is 0 Å². The maximum Gasteiger partial charge on any atom is 0.0857 e. The quantitative estimate of drug-likeness (QED) is 0.738. The lowest BCUT2D eigenvalue weighted by molar-refractivity contribution is 0.288. The van der Waals surface area contributed by atoms with E-state index in [1.165, 1.54) is 5.56 Å². The maximum absolute atomic E-state index is 8.81. The number of allylic oxidation sites excluding steroid dienone is 1. The molecule has 21 heavy (non-hydrogen) atoms. The van der Waals surface area contributed by atoms with Gasteiger partial charge in [0, 0.05) is 6.61 Å². The second kappa shape index (κ2) is 8.12. The molecule has 0 radical (unpaired) electrons. The summed E-state index contributed by atoms with van der Waals surface area (Å²) in [6.45, 7) is 2.22. The molecular weight excluding hydrogens is 260 g/mol. The molecule has 0 saturated heterocycles. The molecule has 0 saturated carbocycles. The summed E-state index contributed by atoms with van der Waals surface area (Å²) in [5, 5.41) is 17.3. The summed E-state index contributed by atoms with van der Waals surface area (Å²) in [5.41, 5.74) is 4.04. The number of benzene rings is 2. The Labute approximate surface area is 125 Å². The van der Waals surface area contributed by atoms with E-state index in [2.05, 4.69) is 10.2 Å². The molecule has 2 aromatic rings. The van der Waals surface area contributed by atoms with Crippen LogP contribution in [0.4, 0.5) is 11.4 Å². The van der Waals surface area contributed by atoms with Gasteiger partial charge in [0.15, 0.2) is 0 Å². The molecule has 2 aromatic carbocycles. The number of aryl methyl sites for hydroxylation is 1. The number of hydrogen-bond acceptors (Lipinski definition) is 3. The zero-order valence-corrected chi connectivity index (χ0v) is 12.2. The molecule has 0 fully saturated rings. The third-order valence-corrected chi connectivity index (χ3v) is 3.09. The van der Waals surface area contributed by atoms with Crippen LogP contribution in [0.2, 0.25) is 0 Å². The number of hydrogen-bond donors (Lipinski definition) is 1. The van der Waals surface area contributed by atoms with E-state index < -0.39 is 0 Å². The Hall–Kier alpha value is -2.26. The molecule has 0 heterocycles. The van der Waals surface area contributed by atoms with Gasteiger partial charge in [-0.2, -0.15) is 10.2 Å². The normalized spacial score (nSPS) is 11.5. The Morgan fingerprint density at radius 3 is 2.00 bits per heavy atom. The molecule has 0 aliphatic rings. The summed E-state index contributed by atoms with van der Waals surface area (Å²) in [4.78, 5) is 0. The zero-order chi connectivity index (χ0) is 14.9. The van der Waals surface area contributed by atoms with E-state index in [1.807, 2.05) is 67.6 Å². The van der Waals surface area contributed by atoms with Crippen molar-refractivity contribution in [2.75, 3.05) is 6.61 Å². The topological polar surface area (TPSA) is 45.0 Å². The summed E-state index contributed by atoms with van der Waals surface area (Å²) >= 11 is 0. The van der Waals surface area contributed by atoms with Crippen molar-refractivity contribution in [2.24, 2.45) is 10.2 Å². The van der Waals surface area contributed by atoms with Crippen molar-refractivity contribution < 1.29 is 5.11 Å². The summed E-state index contributed by atoms with van der Waals surface area (Å²) in [6.07, 6.45) is 5.74. The van der Waals surface area contributed by atoms with Crippen molar-refractivity contribution in [3.05, 3.63) is 65.7 Å². The third kappa shape index (κ3) is 4.97. The molecule has 0 amide bonds. The van der Waals surface area contributed by atoms with Gasteiger partial charge < -0.3 is 5.11 Å². The summed E-state index contributed by atoms with van der Waals surface area (Å²) in [5.74, 6) is 0. The standard InChI is InChI=1S/C18H20N2O/c1-2-4-15-6-10-17(11-7-15)19-20-18-12-8-16(9-13-18)5-3-14-21/h2,4,6-13,21H,3,5,14H2,1H3. The molecular formula is C18H20N2O. The Morgan fingerprint density at radius 2 is 1.48 bits per heavy atom. The van der Waals surface area contributed by atoms with E-state index in [-0.39, 0.29) is 6.61 Å². The van der Waals surface area contributed by atoms with Crippen LogP contribution in [0.15, 0.2) is 64.8 Å². The molecule has 108 valence electrons. The van der Waals surface area contributed by atoms with Gasteiger partial charge in [-0.1, -0.05) is 36.4 Å². The van der Waals surface area contributed by atoms with Gasteiger partial charge in [-0.05, 0) is 55.2 Å². The van der Waals surface area contributed by atoms with Gasteiger partial charge in [0.2, 0.25) is 0 Å². The largest absolute Gasteiger partial charge is 0.396 e.